The van der Waals surface area contributed by atoms with Crippen molar-refractivity contribution < 1.29 is 23.8 Å². The minimum Gasteiger partial charge on any atom is -0.481 e. The Labute approximate surface area is 124 Å². The van der Waals surface area contributed by atoms with Crippen molar-refractivity contribution in [1.82, 2.24) is 4.90 Å². The molecule has 1 aliphatic heterocycles. The van der Waals surface area contributed by atoms with Crippen LogP contribution in [0, 0.1) is 0 Å². The van der Waals surface area contributed by atoms with Crippen LogP contribution in [0.4, 0.5) is 0 Å². The molecule has 1 aromatic heterocycles. The van der Waals surface area contributed by atoms with Gasteiger partial charge in [-0.3, -0.25) is 9.59 Å². The van der Waals surface area contributed by atoms with E-state index in [0.717, 1.165) is 12.8 Å². The zero-order chi connectivity index (χ0) is 14.5. The first-order chi connectivity index (χ1) is 9.58. The fourth-order valence-corrected chi connectivity index (χ4v) is 2.50. The number of hydrogen-bond donors (Lipinski definition) is 1. The molecular formula is C13H16BrNO5. The first kappa shape index (κ1) is 15.1. The maximum absolute atomic E-state index is 12.4. The Balaban J connectivity index is 2.05. The number of carboxylic acids is 1. The maximum atomic E-state index is 12.4. The summed E-state index contributed by atoms with van der Waals surface area (Å²) in [7, 11) is 0. The number of rotatable bonds is 6. The molecule has 0 aliphatic carbocycles. The summed E-state index contributed by atoms with van der Waals surface area (Å²) in [5.74, 6) is -1.07. The molecular weight excluding hydrogens is 330 g/mol. The van der Waals surface area contributed by atoms with Gasteiger partial charge in [0.1, 0.15) is 0 Å². The van der Waals surface area contributed by atoms with Crippen LogP contribution in [0.3, 0.4) is 0 Å². The highest BCUT2D eigenvalue weighted by Crippen LogP contribution is 2.21. The molecule has 1 unspecified atom stereocenters. The summed E-state index contributed by atoms with van der Waals surface area (Å²) in [5, 5.41) is 8.79. The molecule has 0 spiro atoms. The predicted molar refractivity (Wildman–Crippen MR) is 73.5 cm³/mol. The van der Waals surface area contributed by atoms with Crippen molar-refractivity contribution in [3.05, 3.63) is 22.6 Å². The molecule has 110 valence electrons. The standard InChI is InChI=1S/C13H16BrNO5/c14-10-4-7-20-12(10)13(18)15(5-3-11(16)17)8-9-2-1-6-19-9/h4,7,9H,1-3,5-6,8H2,(H,16,17). The van der Waals surface area contributed by atoms with Gasteiger partial charge < -0.3 is 19.2 Å². The Morgan fingerprint density at radius 1 is 1.50 bits per heavy atom. The molecule has 1 atom stereocenters. The fraction of sp³-hybridized carbons (Fsp3) is 0.538. The zero-order valence-electron chi connectivity index (χ0n) is 10.9. The van der Waals surface area contributed by atoms with Gasteiger partial charge in [-0.1, -0.05) is 0 Å². The first-order valence-electron chi connectivity index (χ1n) is 6.43. The van der Waals surface area contributed by atoms with E-state index in [9.17, 15) is 9.59 Å². The third kappa shape index (κ3) is 3.83. The molecule has 1 aromatic rings. The van der Waals surface area contributed by atoms with E-state index in [1.165, 1.54) is 11.2 Å². The zero-order valence-corrected chi connectivity index (χ0v) is 12.5. The number of carbonyl (C=O) groups is 2. The number of aliphatic carboxylic acids is 1. The lowest BCUT2D eigenvalue weighted by molar-refractivity contribution is -0.137. The number of hydrogen-bond acceptors (Lipinski definition) is 4. The van der Waals surface area contributed by atoms with Crippen LogP contribution < -0.4 is 0 Å². The van der Waals surface area contributed by atoms with Crippen LogP contribution in [-0.4, -0.2) is 47.7 Å². The van der Waals surface area contributed by atoms with E-state index in [2.05, 4.69) is 15.9 Å². The Hall–Kier alpha value is -1.34. The lowest BCUT2D eigenvalue weighted by Crippen LogP contribution is -2.38. The second kappa shape index (κ2) is 6.90. The largest absolute Gasteiger partial charge is 0.481 e. The van der Waals surface area contributed by atoms with Gasteiger partial charge in [0.15, 0.2) is 0 Å². The molecule has 2 rings (SSSR count). The average molecular weight is 346 g/mol. The number of halogens is 1. The smallest absolute Gasteiger partial charge is 0.305 e. The van der Waals surface area contributed by atoms with E-state index in [4.69, 9.17) is 14.3 Å². The van der Waals surface area contributed by atoms with E-state index in [1.54, 1.807) is 6.07 Å². The highest BCUT2D eigenvalue weighted by Gasteiger charge is 2.26. The van der Waals surface area contributed by atoms with E-state index in [-0.39, 0.29) is 30.7 Å². The molecule has 0 bridgehead atoms. The van der Waals surface area contributed by atoms with Crippen LogP contribution in [0.25, 0.3) is 0 Å². The van der Waals surface area contributed by atoms with Crippen molar-refractivity contribution in [2.75, 3.05) is 19.7 Å². The number of furan rings is 1. The predicted octanol–water partition coefficient (Wildman–Crippen LogP) is 2.14. The number of nitrogens with zero attached hydrogens (tertiary/aromatic N) is 1. The third-order valence-electron chi connectivity index (χ3n) is 3.14. The van der Waals surface area contributed by atoms with E-state index >= 15 is 0 Å². The van der Waals surface area contributed by atoms with Gasteiger partial charge in [0.2, 0.25) is 5.76 Å². The quantitative estimate of drug-likeness (QED) is 0.854. The third-order valence-corrected chi connectivity index (χ3v) is 3.77. The van der Waals surface area contributed by atoms with Gasteiger partial charge >= 0.3 is 5.97 Å². The monoisotopic (exact) mass is 345 g/mol. The van der Waals surface area contributed by atoms with Crippen LogP contribution in [-0.2, 0) is 9.53 Å². The van der Waals surface area contributed by atoms with E-state index in [0.29, 0.717) is 17.6 Å². The summed E-state index contributed by atoms with van der Waals surface area (Å²) in [4.78, 5) is 24.6. The molecule has 1 saturated heterocycles. The normalized spacial score (nSPS) is 18.1. The van der Waals surface area contributed by atoms with Crippen molar-refractivity contribution in [1.29, 1.82) is 0 Å². The average Bonchev–Trinajstić information content (AvgIpc) is 3.04. The molecule has 2 heterocycles. The lowest BCUT2D eigenvalue weighted by atomic mass is 10.2. The minimum atomic E-state index is -0.936. The minimum absolute atomic E-state index is 0.0264. The van der Waals surface area contributed by atoms with Gasteiger partial charge in [-0.05, 0) is 34.8 Å². The molecule has 0 saturated carbocycles. The van der Waals surface area contributed by atoms with Crippen molar-refractivity contribution in [2.24, 2.45) is 0 Å². The molecule has 0 radical (unpaired) electrons. The summed E-state index contributed by atoms with van der Waals surface area (Å²) in [6, 6.07) is 1.63. The molecule has 1 aliphatic rings. The Kier molecular flexibility index (Phi) is 5.19. The number of carboxylic acid groups (broad SMARTS) is 1. The van der Waals surface area contributed by atoms with Crippen LogP contribution in [0.2, 0.25) is 0 Å². The number of amides is 1. The first-order valence-corrected chi connectivity index (χ1v) is 7.23. The second-order valence-corrected chi connectivity index (χ2v) is 5.48. The van der Waals surface area contributed by atoms with Gasteiger partial charge in [0.25, 0.3) is 5.91 Å². The fourth-order valence-electron chi connectivity index (χ4n) is 2.13. The van der Waals surface area contributed by atoms with Crippen LogP contribution >= 0.6 is 15.9 Å². The van der Waals surface area contributed by atoms with Gasteiger partial charge in [0.05, 0.1) is 23.3 Å². The van der Waals surface area contributed by atoms with Crippen molar-refractivity contribution in [2.45, 2.75) is 25.4 Å². The SMILES string of the molecule is O=C(O)CCN(CC1CCCO1)C(=O)c1occc1Br. The van der Waals surface area contributed by atoms with Crippen LogP contribution in [0.15, 0.2) is 21.2 Å². The van der Waals surface area contributed by atoms with Crippen molar-refractivity contribution in [3.8, 4) is 0 Å². The summed E-state index contributed by atoms with van der Waals surface area (Å²) in [6.07, 6.45) is 3.14. The second-order valence-electron chi connectivity index (χ2n) is 4.63. The molecule has 6 nitrogen and oxygen atoms in total. The highest BCUT2D eigenvalue weighted by molar-refractivity contribution is 9.10. The lowest BCUT2D eigenvalue weighted by Gasteiger charge is -2.24. The number of carbonyl (C=O) groups excluding carboxylic acids is 1. The van der Waals surface area contributed by atoms with Crippen LogP contribution in [0.5, 0.6) is 0 Å². The molecule has 7 heteroatoms. The topological polar surface area (TPSA) is 80.0 Å². The highest BCUT2D eigenvalue weighted by atomic mass is 79.9. The van der Waals surface area contributed by atoms with Gasteiger partial charge in [0, 0.05) is 19.7 Å². The number of ether oxygens (including phenoxy) is 1. The molecule has 20 heavy (non-hydrogen) atoms. The summed E-state index contributed by atoms with van der Waals surface area (Å²) in [5.41, 5.74) is 0. The summed E-state index contributed by atoms with van der Waals surface area (Å²) in [6.45, 7) is 1.22. The Morgan fingerprint density at radius 3 is 2.85 bits per heavy atom. The van der Waals surface area contributed by atoms with Crippen molar-refractivity contribution in [3.63, 3.8) is 0 Å². The molecule has 1 fully saturated rings. The van der Waals surface area contributed by atoms with E-state index < -0.39 is 5.97 Å². The summed E-state index contributed by atoms with van der Waals surface area (Å²) < 4.78 is 11.2. The Morgan fingerprint density at radius 2 is 2.30 bits per heavy atom. The van der Waals surface area contributed by atoms with Gasteiger partial charge in [-0.25, -0.2) is 0 Å². The Bertz CT molecular complexity index is 481. The molecule has 1 amide bonds. The molecule has 1 N–H and O–H groups in total. The summed E-state index contributed by atoms with van der Waals surface area (Å²) >= 11 is 3.24. The van der Waals surface area contributed by atoms with Crippen LogP contribution in [0.1, 0.15) is 29.8 Å². The maximum Gasteiger partial charge on any atom is 0.305 e. The van der Waals surface area contributed by atoms with Crippen molar-refractivity contribution >= 4 is 27.8 Å². The van der Waals surface area contributed by atoms with E-state index in [1.807, 2.05) is 0 Å². The van der Waals surface area contributed by atoms with Gasteiger partial charge in [-0.15, -0.1) is 0 Å². The molecule has 0 aromatic carbocycles. The van der Waals surface area contributed by atoms with Gasteiger partial charge in [-0.2, -0.15) is 0 Å².